The minimum Gasteiger partial charge on any atom is -0.340 e. The van der Waals surface area contributed by atoms with Gasteiger partial charge in [0.05, 0.1) is 15.8 Å². The van der Waals surface area contributed by atoms with Crippen molar-refractivity contribution in [1.29, 1.82) is 0 Å². The number of nitrogens with zero attached hydrogens (tertiary/aromatic N) is 1. The fourth-order valence-corrected chi connectivity index (χ4v) is 3.57. The van der Waals surface area contributed by atoms with E-state index in [1.807, 2.05) is 13.0 Å². The smallest absolute Gasteiger partial charge is 0.340 e. The van der Waals surface area contributed by atoms with Crippen LogP contribution in [0, 0.1) is 19.8 Å². The van der Waals surface area contributed by atoms with Crippen LogP contribution in [0.4, 0.5) is 13.2 Å². The lowest BCUT2D eigenvalue weighted by Gasteiger charge is -2.21. The van der Waals surface area contributed by atoms with Gasteiger partial charge in [-0.1, -0.05) is 0 Å². The van der Waals surface area contributed by atoms with E-state index < -0.39 is 24.0 Å². The average Bonchev–Trinajstić information content (AvgIpc) is 3.13. The summed E-state index contributed by atoms with van der Waals surface area (Å²) in [5.41, 5.74) is 2.42. The lowest BCUT2D eigenvalue weighted by atomic mass is 10.1. The molecule has 118 valence electrons. The van der Waals surface area contributed by atoms with Gasteiger partial charge in [0.25, 0.3) is 5.91 Å². The van der Waals surface area contributed by atoms with Crippen LogP contribution in [-0.4, -0.2) is 23.1 Å². The lowest BCUT2D eigenvalue weighted by Crippen LogP contribution is -2.46. The Morgan fingerprint density at radius 1 is 1.41 bits per heavy atom. The van der Waals surface area contributed by atoms with E-state index in [0.29, 0.717) is 18.4 Å². The number of fused-ring (bicyclic) bond motifs is 1. The van der Waals surface area contributed by atoms with Crippen LogP contribution in [0.5, 0.6) is 0 Å². The summed E-state index contributed by atoms with van der Waals surface area (Å²) < 4.78 is 39.9. The molecule has 0 radical (unpaired) electrons. The third-order valence-corrected chi connectivity index (χ3v) is 4.92. The molecule has 2 heterocycles. The number of nitrogens with one attached hydrogen (secondary N) is 1. The number of alkyl halides is 3. The predicted octanol–water partition coefficient (Wildman–Crippen LogP) is 3.98. The van der Waals surface area contributed by atoms with Crippen LogP contribution < -0.4 is 5.32 Å². The molecular weight excluding hydrogens is 313 g/mol. The van der Waals surface area contributed by atoms with Gasteiger partial charge in [-0.15, -0.1) is 11.3 Å². The van der Waals surface area contributed by atoms with Crippen LogP contribution in [0.25, 0.3) is 10.2 Å². The number of rotatable bonds is 3. The molecule has 2 aromatic heterocycles. The highest BCUT2D eigenvalue weighted by Crippen LogP contribution is 2.40. The fourth-order valence-electron chi connectivity index (χ4n) is 2.61. The highest BCUT2D eigenvalue weighted by Gasteiger charge is 2.49. The molecule has 1 aliphatic rings. The standard InChI is InChI=1S/C15H15F3N2OS/c1-7-5-8(2)19-11-10(6-22-12(7)11)14(21)20-13(9-3-4-9)15(16,17)18/h5-6,9,13H,3-4H2,1-2H3,(H,20,21). The van der Waals surface area contributed by atoms with Crippen molar-refractivity contribution in [3.05, 3.63) is 28.3 Å². The van der Waals surface area contributed by atoms with Crippen LogP contribution in [-0.2, 0) is 0 Å². The molecule has 1 fully saturated rings. The molecule has 1 atom stereocenters. The SMILES string of the molecule is Cc1cc(C)c2scc(C(=O)NC(C3CC3)C(F)(F)F)c2n1. The van der Waals surface area contributed by atoms with Gasteiger partial charge in [-0.2, -0.15) is 13.2 Å². The van der Waals surface area contributed by atoms with Crippen LogP contribution in [0.3, 0.4) is 0 Å². The number of carbonyl (C=O) groups excluding carboxylic acids is 1. The first-order valence-corrected chi connectivity index (χ1v) is 7.88. The van der Waals surface area contributed by atoms with Crippen molar-refractivity contribution in [3.8, 4) is 0 Å². The maximum atomic E-state index is 13.0. The van der Waals surface area contributed by atoms with Gasteiger partial charge in [-0.25, -0.2) is 0 Å². The molecule has 1 amide bonds. The fraction of sp³-hybridized carbons (Fsp3) is 0.467. The Morgan fingerprint density at radius 2 is 2.09 bits per heavy atom. The number of hydrogen-bond donors (Lipinski definition) is 1. The van der Waals surface area contributed by atoms with E-state index in [1.165, 1.54) is 11.3 Å². The first kappa shape index (κ1) is 15.3. The molecule has 0 saturated heterocycles. The van der Waals surface area contributed by atoms with E-state index in [1.54, 1.807) is 12.3 Å². The second-order valence-corrected chi connectivity index (χ2v) is 6.62. The van der Waals surface area contributed by atoms with Gasteiger partial charge in [0.15, 0.2) is 0 Å². The van der Waals surface area contributed by atoms with Gasteiger partial charge >= 0.3 is 6.18 Å². The molecule has 1 saturated carbocycles. The molecule has 1 unspecified atom stereocenters. The molecule has 22 heavy (non-hydrogen) atoms. The quantitative estimate of drug-likeness (QED) is 0.926. The second kappa shape index (κ2) is 5.22. The molecule has 0 bridgehead atoms. The Balaban J connectivity index is 1.92. The summed E-state index contributed by atoms with van der Waals surface area (Å²) in [6.45, 7) is 3.70. The van der Waals surface area contributed by atoms with Crippen molar-refractivity contribution in [2.45, 2.75) is 38.9 Å². The summed E-state index contributed by atoms with van der Waals surface area (Å²) in [5.74, 6) is -1.19. The van der Waals surface area contributed by atoms with Gasteiger partial charge in [-0.3, -0.25) is 9.78 Å². The molecule has 2 aromatic rings. The number of pyridine rings is 1. The van der Waals surface area contributed by atoms with E-state index >= 15 is 0 Å². The van der Waals surface area contributed by atoms with E-state index in [4.69, 9.17) is 0 Å². The molecule has 7 heteroatoms. The van der Waals surface area contributed by atoms with Crippen molar-refractivity contribution in [1.82, 2.24) is 10.3 Å². The maximum Gasteiger partial charge on any atom is 0.408 e. The Kier molecular flexibility index (Phi) is 3.63. The Morgan fingerprint density at radius 3 is 2.68 bits per heavy atom. The van der Waals surface area contributed by atoms with Crippen molar-refractivity contribution < 1.29 is 18.0 Å². The zero-order valence-corrected chi connectivity index (χ0v) is 12.9. The van der Waals surface area contributed by atoms with Crippen LogP contribution in [0.2, 0.25) is 0 Å². The zero-order valence-electron chi connectivity index (χ0n) is 12.1. The first-order chi connectivity index (χ1) is 10.3. The largest absolute Gasteiger partial charge is 0.408 e. The number of halogens is 3. The topological polar surface area (TPSA) is 42.0 Å². The lowest BCUT2D eigenvalue weighted by molar-refractivity contribution is -0.158. The molecule has 1 N–H and O–H groups in total. The summed E-state index contributed by atoms with van der Waals surface area (Å²) >= 11 is 1.33. The summed E-state index contributed by atoms with van der Waals surface area (Å²) in [6.07, 6.45) is -3.40. The first-order valence-electron chi connectivity index (χ1n) is 7.00. The van der Waals surface area contributed by atoms with Crippen LogP contribution in [0.1, 0.15) is 34.5 Å². The zero-order chi connectivity index (χ0) is 16.1. The third-order valence-electron chi connectivity index (χ3n) is 3.81. The van der Waals surface area contributed by atoms with E-state index in [-0.39, 0.29) is 5.56 Å². The molecule has 3 nitrogen and oxygen atoms in total. The molecule has 1 aliphatic carbocycles. The number of carbonyl (C=O) groups is 1. The molecule has 0 aliphatic heterocycles. The van der Waals surface area contributed by atoms with Gasteiger partial charge in [0, 0.05) is 11.1 Å². The van der Waals surface area contributed by atoms with E-state index in [2.05, 4.69) is 10.3 Å². The van der Waals surface area contributed by atoms with Gasteiger partial charge in [0.2, 0.25) is 0 Å². The van der Waals surface area contributed by atoms with Crippen molar-refractivity contribution in [2.75, 3.05) is 0 Å². The molecule has 3 rings (SSSR count). The monoisotopic (exact) mass is 328 g/mol. The molecule has 0 spiro atoms. The number of aromatic nitrogens is 1. The van der Waals surface area contributed by atoms with Gasteiger partial charge < -0.3 is 5.32 Å². The van der Waals surface area contributed by atoms with E-state index in [0.717, 1.165) is 16.0 Å². The Labute approximate surface area is 129 Å². The number of amides is 1. The normalized spacial score (nSPS) is 16.8. The highest BCUT2D eigenvalue weighted by atomic mass is 32.1. The average molecular weight is 328 g/mol. The Bertz CT molecular complexity index is 734. The summed E-state index contributed by atoms with van der Waals surface area (Å²) in [5, 5.41) is 3.74. The maximum absolute atomic E-state index is 13.0. The van der Waals surface area contributed by atoms with Crippen LogP contribution >= 0.6 is 11.3 Å². The number of aryl methyl sites for hydroxylation is 2. The third kappa shape index (κ3) is 2.82. The van der Waals surface area contributed by atoms with Gasteiger partial charge in [-0.05, 0) is 44.2 Å². The van der Waals surface area contributed by atoms with Gasteiger partial charge in [0.1, 0.15) is 6.04 Å². The predicted molar refractivity (Wildman–Crippen MR) is 79.1 cm³/mol. The summed E-state index contributed by atoms with van der Waals surface area (Å²) in [6, 6.07) is 0.129. The minimum atomic E-state index is -4.41. The minimum absolute atomic E-state index is 0.224. The number of hydrogen-bond acceptors (Lipinski definition) is 3. The van der Waals surface area contributed by atoms with Crippen molar-refractivity contribution >= 4 is 27.5 Å². The molecule has 0 aromatic carbocycles. The van der Waals surface area contributed by atoms with Crippen LogP contribution in [0.15, 0.2) is 11.4 Å². The van der Waals surface area contributed by atoms with Crippen molar-refractivity contribution in [2.24, 2.45) is 5.92 Å². The molecular formula is C15H15F3N2OS. The summed E-state index contributed by atoms with van der Waals surface area (Å²) in [7, 11) is 0. The second-order valence-electron chi connectivity index (χ2n) is 5.74. The Hall–Kier alpha value is -1.63. The summed E-state index contributed by atoms with van der Waals surface area (Å²) in [4.78, 5) is 16.6. The highest BCUT2D eigenvalue weighted by molar-refractivity contribution is 7.17. The number of thiophene rings is 1. The van der Waals surface area contributed by atoms with Crippen molar-refractivity contribution in [3.63, 3.8) is 0 Å². The van der Waals surface area contributed by atoms with E-state index in [9.17, 15) is 18.0 Å².